The van der Waals surface area contributed by atoms with Crippen molar-refractivity contribution in [3.05, 3.63) is 95.2 Å². The number of H-pyrrole nitrogens is 1. The summed E-state index contributed by atoms with van der Waals surface area (Å²) in [4.78, 5) is 3.34. The Bertz CT molecular complexity index is 1130. The summed E-state index contributed by atoms with van der Waals surface area (Å²) in [6, 6.07) is 22.9. The van der Waals surface area contributed by atoms with Gasteiger partial charge in [-0.05, 0) is 67.3 Å². The molecule has 4 nitrogen and oxygen atoms in total. The van der Waals surface area contributed by atoms with Gasteiger partial charge in [-0.2, -0.15) is 0 Å². The normalized spacial score (nSPS) is 11.0. The third kappa shape index (κ3) is 5.28. The summed E-state index contributed by atoms with van der Waals surface area (Å²) < 4.78 is 11.9. The molecule has 31 heavy (non-hydrogen) atoms. The lowest BCUT2D eigenvalue weighted by atomic mass is 10.1. The minimum absolute atomic E-state index is 0.537. The molecule has 4 rings (SSSR count). The maximum Gasteiger partial charge on any atom is 0.161 e. The van der Waals surface area contributed by atoms with E-state index in [2.05, 4.69) is 72.0 Å². The zero-order chi connectivity index (χ0) is 21.5. The Labute approximate surface area is 184 Å². The van der Waals surface area contributed by atoms with Gasteiger partial charge in [0.15, 0.2) is 11.5 Å². The fourth-order valence-corrected chi connectivity index (χ4v) is 3.77. The molecule has 0 unspecified atom stereocenters. The molecule has 0 aliphatic rings. The molecule has 0 aliphatic heterocycles. The van der Waals surface area contributed by atoms with E-state index in [1.807, 2.05) is 25.1 Å². The lowest BCUT2D eigenvalue weighted by molar-refractivity contribution is 0.268. The number of para-hydroxylation sites is 1. The molecule has 3 aromatic carbocycles. The van der Waals surface area contributed by atoms with E-state index in [1.165, 1.54) is 33.2 Å². The van der Waals surface area contributed by atoms with Gasteiger partial charge < -0.3 is 19.8 Å². The largest absolute Gasteiger partial charge is 0.490 e. The van der Waals surface area contributed by atoms with Crippen molar-refractivity contribution in [2.75, 3.05) is 13.2 Å². The molecular weight excluding hydrogens is 384 g/mol. The average molecular weight is 415 g/mol. The van der Waals surface area contributed by atoms with E-state index in [0.717, 1.165) is 31.0 Å². The van der Waals surface area contributed by atoms with Crippen molar-refractivity contribution < 1.29 is 9.47 Å². The molecular formula is C27H30N2O2. The summed E-state index contributed by atoms with van der Waals surface area (Å²) in [5.41, 5.74) is 6.15. The van der Waals surface area contributed by atoms with Crippen LogP contribution in [0.15, 0.2) is 72.9 Å². The second kappa shape index (κ2) is 10.2. The second-order valence-corrected chi connectivity index (χ2v) is 7.72. The summed E-state index contributed by atoms with van der Waals surface area (Å²) in [6.07, 6.45) is 3.10. The van der Waals surface area contributed by atoms with Crippen LogP contribution in [0.4, 0.5) is 0 Å². The van der Waals surface area contributed by atoms with Crippen LogP contribution in [0.5, 0.6) is 11.5 Å². The number of ether oxygens (including phenoxy) is 2. The molecule has 2 N–H and O–H groups in total. The molecule has 1 aromatic heterocycles. The van der Waals surface area contributed by atoms with Gasteiger partial charge in [-0.25, -0.2) is 0 Å². The van der Waals surface area contributed by atoms with Crippen LogP contribution in [0.25, 0.3) is 10.9 Å². The minimum atomic E-state index is 0.537. The molecule has 4 aromatic rings. The van der Waals surface area contributed by atoms with Crippen LogP contribution >= 0.6 is 0 Å². The van der Waals surface area contributed by atoms with E-state index < -0.39 is 0 Å². The molecule has 0 amide bonds. The third-order valence-corrected chi connectivity index (χ3v) is 5.53. The van der Waals surface area contributed by atoms with Gasteiger partial charge in [0.2, 0.25) is 0 Å². The summed E-state index contributed by atoms with van der Waals surface area (Å²) >= 11 is 0. The summed E-state index contributed by atoms with van der Waals surface area (Å²) in [5, 5.41) is 4.85. The van der Waals surface area contributed by atoms with Crippen molar-refractivity contribution in [1.82, 2.24) is 10.3 Å². The summed E-state index contributed by atoms with van der Waals surface area (Å²) in [6.45, 7) is 6.95. The Kier molecular flexibility index (Phi) is 6.90. The van der Waals surface area contributed by atoms with Gasteiger partial charge in [0.25, 0.3) is 0 Å². The van der Waals surface area contributed by atoms with Crippen LogP contribution < -0.4 is 14.8 Å². The number of aromatic nitrogens is 1. The first-order valence-electron chi connectivity index (χ1n) is 10.9. The van der Waals surface area contributed by atoms with E-state index in [-0.39, 0.29) is 0 Å². The number of aryl methyl sites for hydroxylation is 1. The zero-order valence-electron chi connectivity index (χ0n) is 18.3. The molecule has 4 heteroatoms. The Hall–Kier alpha value is -3.24. The highest BCUT2D eigenvalue weighted by Crippen LogP contribution is 2.29. The zero-order valence-corrected chi connectivity index (χ0v) is 18.3. The number of hydrogen-bond donors (Lipinski definition) is 2. The van der Waals surface area contributed by atoms with Gasteiger partial charge in [0.05, 0.1) is 6.61 Å². The van der Waals surface area contributed by atoms with Crippen molar-refractivity contribution in [2.45, 2.75) is 33.4 Å². The van der Waals surface area contributed by atoms with Crippen LogP contribution in [0, 0.1) is 6.92 Å². The smallest absolute Gasteiger partial charge is 0.161 e. The lowest BCUT2D eigenvalue weighted by Gasteiger charge is -2.14. The topological polar surface area (TPSA) is 46.3 Å². The first-order chi connectivity index (χ1) is 15.2. The highest BCUT2D eigenvalue weighted by molar-refractivity contribution is 5.83. The molecule has 0 fully saturated rings. The van der Waals surface area contributed by atoms with Crippen LogP contribution in [0.3, 0.4) is 0 Å². The maximum absolute atomic E-state index is 6.08. The molecule has 0 radical (unpaired) electrons. The molecule has 0 bridgehead atoms. The quantitative estimate of drug-likeness (QED) is 0.323. The van der Waals surface area contributed by atoms with Crippen LogP contribution in [0.1, 0.15) is 29.2 Å². The van der Waals surface area contributed by atoms with Crippen LogP contribution in [0.2, 0.25) is 0 Å². The van der Waals surface area contributed by atoms with E-state index in [9.17, 15) is 0 Å². The molecule has 0 saturated carbocycles. The average Bonchev–Trinajstić information content (AvgIpc) is 3.20. The fourth-order valence-electron chi connectivity index (χ4n) is 3.77. The molecule has 0 spiro atoms. The van der Waals surface area contributed by atoms with Crippen molar-refractivity contribution >= 4 is 10.9 Å². The fraction of sp³-hybridized carbons (Fsp3) is 0.259. The predicted octanol–water partition coefficient (Wildman–Crippen LogP) is 5.79. The number of aromatic amines is 1. The van der Waals surface area contributed by atoms with Gasteiger partial charge in [-0.1, -0.05) is 48.5 Å². The third-order valence-electron chi connectivity index (χ3n) is 5.53. The van der Waals surface area contributed by atoms with Gasteiger partial charge in [0, 0.05) is 23.6 Å². The number of rotatable bonds is 10. The van der Waals surface area contributed by atoms with E-state index in [1.54, 1.807) is 0 Å². The first-order valence-corrected chi connectivity index (χ1v) is 10.9. The number of hydrogen-bond acceptors (Lipinski definition) is 3. The Morgan fingerprint density at radius 3 is 2.58 bits per heavy atom. The van der Waals surface area contributed by atoms with E-state index in [0.29, 0.717) is 13.2 Å². The lowest BCUT2D eigenvalue weighted by Crippen LogP contribution is -2.16. The summed E-state index contributed by atoms with van der Waals surface area (Å²) in [5.74, 6) is 1.58. The van der Waals surface area contributed by atoms with Crippen molar-refractivity contribution in [3.63, 3.8) is 0 Å². The second-order valence-electron chi connectivity index (χ2n) is 7.72. The number of benzene rings is 3. The molecule has 1 heterocycles. The van der Waals surface area contributed by atoms with E-state index >= 15 is 0 Å². The predicted molar refractivity (Wildman–Crippen MR) is 127 cm³/mol. The molecule has 0 saturated heterocycles. The first kappa shape index (κ1) is 21.0. The standard InChI is InChI=1S/C27H30N2O2/c1-3-30-27-16-21(12-13-26(27)31-19-23-9-5-4-8-20(23)2)17-28-15-14-22-18-29-25-11-7-6-10-24(22)25/h4-13,16,18,28-29H,3,14-15,17,19H2,1-2H3. The number of fused-ring (bicyclic) bond motifs is 1. The SMILES string of the molecule is CCOc1cc(CNCCc2c[nH]c3ccccc23)ccc1OCc1ccccc1C. The van der Waals surface area contributed by atoms with Gasteiger partial charge in [0.1, 0.15) is 6.61 Å². The van der Waals surface area contributed by atoms with Gasteiger partial charge in [-0.15, -0.1) is 0 Å². The van der Waals surface area contributed by atoms with Gasteiger partial charge >= 0.3 is 0 Å². The molecule has 160 valence electrons. The van der Waals surface area contributed by atoms with Crippen molar-refractivity contribution in [2.24, 2.45) is 0 Å². The Morgan fingerprint density at radius 1 is 0.871 bits per heavy atom. The highest BCUT2D eigenvalue weighted by atomic mass is 16.5. The Balaban J connectivity index is 1.34. The monoisotopic (exact) mass is 414 g/mol. The van der Waals surface area contributed by atoms with E-state index in [4.69, 9.17) is 9.47 Å². The summed E-state index contributed by atoms with van der Waals surface area (Å²) in [7, 11) is 0. The van der Waals surface area contributed by atoms with Crippen LogP contribution in [-0.2, 0) is 19.6 Å². The van der Waals surface area contributed by atoms with Gasteiger partial charge in [-0.3, -0.25) is 0 Å². The van der Waals surface area contributed by atoms with Crippen LogP contribution in [-0.4, -0.2) is 18.1 Å². The highest BCUT2D eigenvalue weighted by Gasteiger charge is 2.08. The minimum Gasteiger partial charge on any atom is -0.490 e. The molecule has 0 aliphatic carbocycles. The number of nitrogens with one attached hydrogen (secondary N) is 2. The van der Waals surface area contributed by atoms with Crippen molar-refractivity contribution in [1.29, 1.82) is 0 Å². The Morgan fingerprint density at radius 2 is 1.71 bits per heavy atom. The maximum atomic E-state index is 6.08. The molecule has 0 atom stereocenters. The van der Waals surface area contributed by atoms with Crippen molar-refractivity contribution in [3.8, 4) is 11.5 Å².